The van der Waals surface area contributed by atoms with Gasteiger partial charge in [-0.05, 0) is 97.7 Å². The van der Waals surface area contributed by atoms with Gasteiger partial charge in [-0.25, -0.2) is 0 Å². The van der Waals surface area contributed by atoms with Gasteiger partial charge in [0, 0.05) is 10.8 Å². The maximum Gasteiger partial charge on any atom is 0.241 e. The van der Waals surface area contributed by atoms with E-state index in [0.29, 0.717) is 17.8 Å². The maximum atomic E-state index is 11.8. The van der Waals surface area contributed by atoms with Crippen LogP contribution in [-0.4, -0.2) is 22.2 Å². The zero-order valence-electron chi connectivity index (χ0n) is 20.7. The van der Waals surface area contributed by atoms with Gasteiger partial charge in [0.05, 0.1) is 0 Å². The smallest absolute Gasteiger partial charge is 0.241 e. The minimum absolute atomic E-state index is 0.0438. The molecule has 4 fully saturated rings. The highest BCUT2D eigenvalue weighted by Gasteiger charge is 2.64. The molecule has 31 heavy (non-hydrogen) atoms. The molecule has 0 amide bonds. The van der Waals surface area contributed by atoms with Crippen molar-refractivity contribution >= 4 is 0 Å². The first-order valence-electron chi connectivity index (χ1n) is 13.4. The van der Waals surface area contributed by atoms with Gasteiger partial charge in [-0.2, -0.15) is 0 Å². The fraction of sp³-hybridized carbons (Fsp3) is 1.00. The first kappa shape index (κ1) is 23.5. The van der Waals surface area contributed by atoms with Gasteiger partial charge in [-0.1, -0.05) is 53.9 Å². The molecular weight excluding hydrogens is 386 g/mol. The molecule has 0 heterocycles. The molecular formula is C27H47NO3. The van der Waals surface area contributed by atoms with Crippen LogP contribution < -0.4 is 0 Å². The van der Waals surface area contributed by atoms with E-state index in [1.54, 1.807) is 0 Å². The van der Waals surface area contributed by atoms with E-state index in [1.165, 1.54) is 44.9 Å². The summed E-state index contributed by atoms with van der Waals surface area (Å²) in [7, 11) is 0. The lowest BCUT2D eigenvalue weighted by atomic mass is 9.43. The summed E-state index contributed by atoms with van der Waals surface area (Å²) in [6, 6.07) is -0.745. The van der Waals surface area contributed by atoms with Crippen LogP contribution in [0.3, 0.4) is 0 Å². The molecule has 4 heteroatoms. The molecule has 4 saturated carbocycles. The second-order valence-corrected chi connectivity index (χ2v) is 13.0. The van der Waals surface area contributed by atoms with Gasteiger partial charge in [-0.3, -0.25) is 10.1 Å². The van der Waals surface area contributed by atoms with Gasteiger partial charge in [0.25, 0.3) is 0 Å². The first-order chi connectivity index (χ1) is 14.6. The van der Waals surface area contributed by atoms with Crippen LogP contribution in [0.1, 0.15) is 105 Å². The van der Waals surface area contributed by atoms with Crippen LogP contribution in [0.4, 0.5) is 0 Å². The largest absolute Gasteiger partial charge is 0.386 e. The number of aliphatic hydroxyl groups excluding tert-OH is 1. The Balaban J connectivity index is 1.50. The lowest BCUT2D eigenvalue weighted by molar-refractivity contribution is -0.555. The van der Waals surface area contributed by atoms with Gasteiger partial charge in [0.15, 0.2) is 0 Å². The van der Waals surface area contributed by atoms with Crippen LogP contribution in [0.25, 0.3) is 0 Å². The van der Waals surface area contributed by atoms with E-state index in [1.807, 2.05) is 0 Å². The SMILES string of the molecule is CC(C)CCC[C@@H](C)[C@H]1CC[C@H]2[C@@H]3CC[C@H]4[C@H]([N+](=O)[O-])[C@@H](O)CC[C@]4(C)[C@H]3CC[C@]12C. The molecule has 0 unspecified atom stereocenters. The van der Waals surface area contributed by atoms with E-state index in [9.17, 15) is 15.2 Å². The number of fused-ring (bicyclic) bond motifs is 5. The van der Waals surface area contributed by atoms with E-state index < -0.39 is 12.1 Å². The summed E-state index contributed by atoms with van der Waals surface area (Å²) >= 11 is 0. The summed E-state index contributed by atoms with van der Waals surface area (Å²) in [4.78, 5) is 11.7. The fourth-order valence-corrected chi connectivity index (χ4v) is 9.63. The molecule has 0 spiro atoms. The highest BCUT2D eigenvalue weighted by atomic mass is 16.6. The van der Waals surface area contributed by atoms with Crippen molar-refractivity contribution in [2.24, 2.45) is 52.3 Å². The summed E-state index contributed by atoms with van der Waals surface area (Å²) in [5.41, 5.74) is 0.514. The molecule has 0 bridgehead atoms. The van der Waals surface area contributed by atoms with Crippen molar-refractivity contribution in [1.29, 1.82) is 0 Å². The van der Waals surface area contributed by atoms with Crippen molar-refractivity contribution in [2.75, 3.05) is 0 Å². The first-order valence-corrected chi connectivity index (χ1v) is 13.4. The molecule has 10 atom stereocenters. The normalized spacial score (nSPS) is 48.0. The Hall–Kier alpha value is -0.640. The van der Waals surface area contributed by atoms with Crippen LogP contribution in [0, 0.1) is 62.4 Å². The minimum atomic E-state index is -0.749. The Morgan fingerprint density at radius 2 is 1.55 bits per heavy atom. The van der Waals surface area contributed by atoms with Crippen LogP contribution >= 0.6 is 0 Å². The number of nitrogens with zero attached hydrogens (tertiary/aromatic N) is 1. The van der Waals surface area contributed by atoms with Gasteiger partial charge in [0.1, 0.15) is 6.10 Å². The maximum absolute atomic E-state index is 11.8. The summed E-state index contributed by atoms with van der Waals surface area (Å²) in [6.45, 7) is 12.2. The van der Waals surface area contributed by atoms with Crippen molar-refractivity contribution in [3.63, 3.8) is 0 Å². The molecule has 4 aliphatic rings. The van der Waals surface area contributed by atoms with Crippen molar-refractivity contribution < 1.29 is 10.0 Å². The summed E-state index contributed by atoms with van der Waals surface area (Å²) in [5.74, 6) is 4.72. The summed E-state index contributed by atoms with van der Waals surface area (Å²) < 4.78 is 0. The Labute approximate surface area is 190 Å². The van der Waals surface area contributed by atoms with Crippen molar-refractivity contribution in [1.82, 2.24) is 0 Å². The van der Waals surface area contributed by atoms with Gasteiger partial charge < -0.3 is 5.11 Å². The predicted octanol–water partition coefficient (Wildman–Crippen LogP) is 6.72. The molecule has 178 valence electrons. The van der Waals surface area contributed by atoms with Crippen molar-refractivity contribution in [3.05, 3.63) is 10.1 Å². The number of hydrogen-bond acceptors (Lipinski definition) is 3. The van der Waals surface area contributed by atoms with Crippen LogP contribution in [-0.2, 0) is 0 Å². The Bertz CT molecular complexity index is 665. The third-order valence-electron chi connectivity index (χ3n) is 11.2. The zero-order valence-corrected chi connectivity index (χ0v) is 20.7. The average Bonchev–Trinajstić information content (AvgIpc) is 3.05. The minimum Gasteiger partial charge on any atom is -0.386 e. The fourth-order valence-electron chi connectivity index (χ4n) is 9.63. The molecule has 0 aromatic heterocycles. The van der Waals surface area contributed by atoms with Crippen molar-refractivity contribution in [3.8, 4) is 0 Å². The second kappa shape index (κ2) is 8.61. The molecule has 0 aromatic carbocycles. The summed E-state index contributed by atoms with van der Waals surface area (Å²) in [6.07, 6.45) is 12.4. The number of hydrogen-bond donors (Lipinski definition) is 1. The highest BCUT2D eigenvalue weighted by Crippen LogP contribution is 2.68. The quantitative estimate of drug-likeness (QED) is 0.373. The molecule has 0 radical (unpaired) electrons. The number of aliphatic hydroxyl groups is 1. The standard InChI is InChI=1S/C27H47NO3/c1-17(2)7-6-8-18(3)20-11-12-21-19-9-10-23-25(28(30)31)24(29)14-16-27(23,5)22(19)13-15-26(20,21)4/h17-25,29H,6-16H2,1-5H3/t18-,19+,20-,21+,22+,23+,24+,25+,26-,27-/m1/s1. The van der Waals surface area contributed by atoms with E-state index >= 15 is 0 Å². The van der Waals surface area contributed by atoms with E-state index in [0.717, 1.165) is 48.9 Å². The Kier molecular flexibility index (Phi) is 6.53. The Morgan fingerprint density at radius 3 is 2.23 bits per heavy atom. The molecule has 1 N–H and O–H groups in total. The molecule has 0 aliphatic heterocycles. The lowest BCUT2D eigenvalue weighted by Crippen LogP contribution is -2.60. The van der Waals surface area contributed by atoms with Gasteiger partial charge in [-0.15, -0.1) is 0 Å². The predicted molar refractivity (Wildman–Crippen MR) is 125 cm³/mol. The van der Waals surface area contributed by atoms with E-state index in [2.05, 4.69) is 34.6 Å². The number of nitro groups is 1. The highest BCUT2D eigenvalue weighted by molar-refractivity contribution is 5.11. The van der Waals surface area contributed by atoms with E-state index in [-0.39, 0.29) is 16.3 Å². The molecule has 4 nitrogen and oxygen atoms in total. The average molecular weight is 434 g/mol. The monoisotopic (exact) mass is 433 g/mol. The topological polar surface area (TPSA) is 63.4 Å². The second-order valence-electron chi connectivity index (χ2n) is 13.0. The Morgan fingerprint density at radius 1 is 0.903 bits per heavy atom. The molecule has 0 saturated heterocycles. The van der Waals surface area contributed by atoms with Crippen LogP contribution in [0.15, 0.2) is 0 Å². The summed E-state index contributed by atoms with van der Waals surface area (Å²) in [5, 5.41) is 22.3. The van der Waals surface area contributed by atoms with Crippen LogP contribution in [0.5, 0.6) is 0 Å². The van der Waals surface area contributed by atoms with Crippen molar-refractivity contribution in [2.45, 2.75) is 117 Å². The molecule has 0 aromatic rings. The number of rotatable bonds is 6. The third-order valence-corrected chi connectivity index (χ3v) is 11.2. The van der Waals surface area contributed by atoms with Crippen LogP contribution in [0.2, 0.25) is 0 Å². The van der Waals surface area contributed by atoms with E-state index in [4.69, 9.17) is 0 Å². The lowest BCUT2D eigenvalue weighted by Gasteiger charge is -2.61. The molecule has 4 aliphatic carbocycles. The van der Waals surface area contributed by atoms with Gasteiger partial charge in [0.2, 0.25) is 6.04 Å². The molecule has 4 rings (SSSR count). The third kappa shape index (κ3) is 3.87. The van der Waals surface area contributed by atoms with Gasteiger partial charge >= 0.3 is 0 Å². The zero-order chi connectivity index (χ0) is 22.6.